The fourth-order valence-electron chi connectivity index (χ4n) is 11.2. The van der Waals surface area contributed by atoms with E-state index in [1.807, 2.05) is 6.07 Å². The van der Waals surface area contributed by atoms with E-state index in [2.05, 4.69) is 365 Å². The van der Waals surface area contributed by atoms with Crippen LogP contribution < -0.4 is 0 Å². The van der Waals surface area contributed by atoms with Crippen molar-refractivity contribution in [2.75, 3.05) is 0 Å². The van der Waals surface area contributed by atoms with Crippen LogP contribution in [0, 0.1) is 41.5 Å². The second kappa shape index (κ2) is 27.5. The summed E-state index contributed by atoms with van der Waals surface area (Å²) in [4.78, 5) is 0. The maximum Gasteiger partial charge on any atom is 0.0158 e. The first-order valence-corrected chi connectivity index (χ1v) is 29.7. The third kappa shape index (κ3) is 14.7. The summed E-state index contributed by atoms with van der Waals surface area (Å²) in [5, 5.41) is 10.5. The van der Waals surface area contributed by atoms with E-state index in [9.17, 15) is 0 Å². The monoisotopic (exact) mass is 1100 g/mol. The van der Waals surface area contributed by atoms with Gasteiger partial charge in [-0.2, -0.15) is 0 Å². The Morgan fingerprint density at radius 1 is 0.200 bits per heavy atom. The Hall–Kier alpha value is -9.88. The molecule has 85 heavy (non-hydrogen) atoms. The van der Waals surface area contributed by atoms with Crippen LogP contribution in [0.5, 0.6) is 0 Å². The third-order valence-corrected chi connectivity index (χ3v) is 16.1. The summed E-state index contributed by atoms with van der Waals surface area (Å²) >= 11 is 0. The van der Waals surface area contributed by atoms with Gasteiger partial charge in [-0.25, -0.2) is 0 Å². The van der Waals surface area contributed by atoms with Gasteiger partial charge in [-0.05, 0) is 152 Å². The van der Waals surface area contributed by atoms with Gasteiger partial charge < -0.3 is 0 Å². The van der Waals surface area contributed by atoms with Crippen LogP contribution in [0.2, 0.25) is 0 Å². The van der Waals surface area contributed by atoms with E-state index in [-0.39, 0.29) is 5.41 Å². The van der Waals surface area contributed by atoms with Crippen LogP contribution in [0.1, 0.15) is 58.4 Å². The van der Waals surface area contributed by atoms with E-state index in [1.165, 1.54) is 132 Å². The molecule has 0 radical (unpaired) electrons. The van der Waals surface area contributed by atoms with Gasteiger partial charge in [-0.3, -0.25) is 0 Å². The van der Waals surface area contributed by atoms with Gasteiger partial charge in [0.15, 0.2) is 0 Å². The molecule has 0 saturated carbocycles. The zero-order valence-corrected chi connectivity index (χ0v) is 50.5. The molecular weight excluding hydrogens is 1020 g/mol. The lowest BCUT2D eigenvalue weighted by molar-refractivity contribution is 0.660. The second-order valence-electron chi connectivity index (χ2n) is 22.9. The largest absolute Gasteiger partial charge is 0.0622 e. The van der Waals surface area contributed by atoms with Crippen molar-refractivity contribution in [1.82, 2.24) is 0 Å². The zero-order valence-electron chi connectivity index (χ0n) is 50.5. The molecule has 1 aliphatic carbocycles. The summed E-state index contributed by atoms with van der Waals surface area (Å²) in [6.07, 6.45) is 0. The van der Waals surface area contributed by atoms with Gasteiger partial charge in [-0.1, -0.05) is 351 Å². The average Bonchev–Trinajstić information content (AvgIpc) is 1.92. The van der Waals surface area contributed by atoms with Crippen molar-refractivity contribution in [1.29, 1.82) is 0 Å². The molecule has 0 heterocycles. The fraction of sp³-hybridized carbons (Fsp3) is 0.106. The molecule has 0 N–H and O–H groups in total. The van der Waals surface area contributed by atoms with Crippen molar-refractivity contribution >= 4 is 43.1 Å². The fourth-order valence-corrected chi connectivity index (χ4v) is 11.2. The molecule has 0 saturated heterocycles. The first-order valence-electron chi connectivity index (χ1n) is 29.7. The van der Waals surface area contributed by atoms with Gasteiger partial charge in [0, 0.05) is 5.41 Å². The summed E-state index contributed by atoms with van der Waals surface area (Å²) in [6.45, 7) is 17.4. The molecule has 0 heteroatoms. The summed E-state index contributed by atoms with van der Waals surface area (Å²) in [5.41, 5.74) is 21.5. The molecule has 15 rings (SSSR count). The lowest BCUT2D eigenvalue weighted by Gasteiger charge is -2.21. The highest BCUT2D eigenvalue weighted by atomic mass is 14.4. The number of benzene rings is 14. The van der Waals surface area contributed by atoms with Crippen molar-refractivity contribution in [3.8, 4) is 44.5 Å². The highest BCUT2D eigenvalue weighted by Crippen LogP contribution is 2.48. The SMILES string of the molecule is Cc1ccc(-c2ccc3ccccc3c2)cc1.Cc1ccc(-c2cccc3ccccc23)cc1.Cc1ccc(-c2ccccc2)cc1.Cc1ccc2c(c1)C(C)(C)c1ccccc1-2.Cc1ccc2ccccc2c1.Cc1cccc2ccccc12. The molecule has 0 atom stereocenters. The van der Waals surface area contributed by atoms with Crippen LogP contribution in [0.15, 0.2) is 315 Å². The number of hydrogen-bond donors (Lipinski definition) is 0. The Kier molecular flexibility index (Phi) is 18.8. The topological polar surface area (TPSA) is 0 Å². The zero-order chi connectivity index (χ0) is 59.1. The Balaban J connectivity index is 0.000000114. The van der Waals surface area contributed by atoms with E-state index >= 15 is 0 Å². The van der Waals surface area contributed by atoms with E-state index in [4.69, 9.17) is 0 Å². The molecule has 0 fully saturated rings. The predicted octanol–water partition coefficient (Wildman–Crippen LogP) is 23.9. The lowest BCUT2D eigenvalue weighted by atomic mass is 9.82. The van der Waals surface area contributed by atoms with Crippen molar-refractivity contribution in [3.63, 3.8) is 0 Å². The molecule has 14 aromatic rings. The molecule has 416 valence electrons. The Labute approximate surface area is 505 Å². The van der Waals surface area contributed by atoms with Crippen molar-refractivity contribution in [2.24, 2.45) is 0 Å². The second-order valence-corrected chi connectivity index (χ2v) is 22.9. The van der Waals surface area contributed by atoms with Gasteiger partial charge in [0.1, 0.15) is 0 Å². The van der Waals surface area contributed by atoms with Crippen LogP contribution in [0.3, 0.4) is 0 Å². The first kappa shape index (κ1) is 58.3. The molecule has 0 spiro atoms. The molecule has 0 bridgehead atoms. The van der Waals surface area contributed by atoms with Gasteiger partial charge in [0.2, 0.25) is 0 Å². The third-order valence-electron chi connectivity index (χ3n) is 16.1. The maximum absolute atomic E-state index is 2.33. The summed E-state index contributed by atoms with van der Waals surface area (Å²) in [7, 11) is 0. The Bertz CT molecular complexity index is 4440. The Morgan fingerprint density at radius 2 is 0.576 bits per heavy atom. The number of hydrogen-bond acceptors (Lipinski definition) is 0. The molecular formula is C85H76. The van der Waals surface area contributed by atoms with Crippen LogP contribution in [0.25, 0.3) is 87.6 Å². The number of rotatable bonds is 3. The lowest BCUT2D eigenvalue weighted by Crippen LogP contribution is -2.14. The van der Waals surface area contributed by atoms with Crippen molar-refractivity contribution in [3.05, 3.63) is 360 Å². The molecule has 14 aromatic carbocycles. The normalized spacial score (nSPS) is 11.4. The van der Waals surface area contributed by atoms with E-state index in [0.717, 1.165) is 0 Å². The smallest absolute Gasteiger partial charge is 0.0158 e. The summed E-state index contributed by atoms with van der Waals surface area (Å²) < 4.78 is 0. The van der Waals surface area contributed by atoms with E-state index in [0.29, 0.717) is 0 Å². The van der Waals surface area contributed by atoms with Crippen LogP contribution in [-0.4, -0.2) is 0 Å². The van der Waals surface area contributed by atoms with Gasteiger partial charge in [-0.15, -0.1) is 0 Å². The van der Waals surface area contributed by atoms with Gasteiger partial charge in [0.05, 0.1) is 0 Å². The van der Waals surface area contributed by atoms with Crippen molar-refractivity contribution < 1.29 is 0 Å². The van der Waals surface area contributed by atoms with Crippen LogP contribution >= 0.6 is 0 Å². The average molecular weight is 1100 g/mol. The minimum atomic E-state index is 0.151. The van der Waals surface area contributed by atoms with E-state index < -0.39 is 0 Å². The molecule has 1 aliphatic rings. The van der Waals surface area contributed by atoms with Crippen LogP contribution in [-0.2, 0) is 5.41 Å². The van der Waals surface area contributed by atoms with Gasteiger partial charge in [0.25, 0.3) is 0 Å². The molecule has 0 aliphatic heterocycles. The standard InChI is InChI=1S/2C17H14.C16H16.C13H12.2C11H10/c1-13-9-11-15(12-10-13)17-8-4-6-14-5-2-3-7-16(14)17;1-13-6-8-15(9-7-13)17-11-10-14-4-2-3-5-16(14)12-17;1-11-8-9-13-12-6-4-5-7-14(12)16(2,3)15(13)10-11;1-11-7-9-13(10-8-11)12-5-3-2-4-6-12;1-9-5-4-7-10-6-2-3-8-11(9)10;1-9-6-7-10-4-2-3-5-11(10)8-9/h2*2-12H,1H3;4-10H,1-3H3;2-10H,1H3;2*2-8H,1H3. The van der Waals surface area contributed by atoms with Gasteiger partial charge >= 0.3 is 0 Å². The molecule has 0 amide bonds. The van der Waals surface area contributed by atoms with Crippen LogP contribution in [0.4, 0.5) is 0 Å². The molecule has 0 aromatic heterocycles. The predicted molar refractivity (Wildman–Crippen MR) is 371 cm³/mol. The van der Waals surface area contributed by atoms with Crippen molar-refractivity contribution in [2.45, 2.75) is 60.8 Å². The van der Waals surface area contributed by atoms with E-state index in [1.54, 1.807) is 0 Å². The number of aryl methyl sites for hydroxylation is 6. The number of fused-ring (bicyclic) bond motifs is 7. The Morgan fingerprint density at radius 3 is 1.19 bits per heavy atom. The summed E-state index contributed by atoms with van der Waals surface area (Å²) in [6, 6.07) is 112. The highest BCUT2D eigenvalue weighted by Gasteiger charge is 2.34. The molecule has 0 nitrogen and oxygen atoms in total. The quantitative estimate of drug-likeness (QED) is 0.165. The summed E-state index contributed by atoms with van der Waals surface area (Å²) in [5.74, 6) is 0. The minimum absolute atomic E-state index is 0.151. The highest BCUT2D eigenvalue weighted by molar-refractivity contribution is 5.96. The first-order chi connectivity index (χ1) is 41.4. The molecule has 0 unspecified atom stereocenters. The maximum atomic E-state index is 2.33. The minimum Gasteiger partial charge on any atom is -0.0622 e.